The Morgan fingerprint density at radius 1 is 0.789 bits per heavy atom. The van der Waals surface area contributed by atoms with Crippen LogP contribution in [-0.4, -0.2) is 18.3 Å². The van der Waals surface area contributed by atoms with Gasteiger partial charge in [-0.1, -0.05) is 77.6 Å². The summed E-state index contributed by atoms with van der Waals surface area (Å²) in [7, 11) is 0. The average Bonchev–Trinajstić information content (AvgIpc) is 2.43. The fraction of sp³-hybridized carbons (Fsp3) is 0.938. The molecule has 0 unspecified atom stereocenters. The van der Waals surface area contributed by atoms with E-state index in [2.05, 4.69) is 12.2 Å². The molecule has 3 heteroatoms. The number of nitrogens with one attached hydrogen (secondary N) is 1. The summed E-state index contributed by atoms with van der Waals surface area (Å²) < 4.78 is 0. The highest BCUT2D eigenvalue weighted by Crippen LogP contribution is 2.11. The molecule has 0 heterocycles. The van der Waals surface area contributed by atoms with E-state index in [1.54, 1.807) is 0 Å². The van der Waals surface area contributed by atoms with E-state index in [-0.39, 0.29) is 11.8 Å². The van der Waals surface area contributed by atoms with Gasteiger partial charge in [-0.2, -0.15) is 0 Å². The summed E-state index contributed by atoms with van der Waals surface area (Å²) in [6.45, 7) is 3.05. The summed E-state index contributed by atoms with van der Waals surface area (Å²) in [5.74, 6) is 0.0304. The normalized spacial score (nSPS) is 10.6. The molecule has 19 heavy (non-hydrogen) atoms. The van der Waals surface area contributed by atoms with E-state index in [0.717, 1.165) is 13.0 Å². The number of carbonyl (C=O) groups is 1. The number of hydrogen-bond donors (Lipinski definition) is 1. The maximum absolute atomic E-state index is 10.9. The van der Waals surface area contributed by atoms with Crippen molar-refractivity contribution in [3.8, 4) is 0 Å². The quantitative estimate of drug-likeness (QED) is 0.352. The van der Waals surface area contributed by atoms with E-state index in [0.29, 0.717) is 0 Å². The molecule has 0 spiro atoms. The molecular formula is C16H32ClNO. The number of rotatable bonds is 14. The second kappa shape index (κ2) is 15.8. The molecule has 1 amide bonds. The van der Waals surface area contributed by atoms with Crippen molar-refractivity contribution in [2.24, 2.45) is 0 Å². The van der Waals surface area contributed by atoms with Crippen molar-refractivity contribution in [3.05, 3.63) is 0 Å². The Labute approximate surface area is 124 Å². The number of unbranched alkanes of at least 4 members (excludes halogenated alkanes) is 11. The van der Waals surface area contributed by atoms with Crippen molar-refractivity contribution >= 4 is 17.5 Å². The third-order valence-corrected chi connectivity index (χ3v) is 3.72. The van der Waals surface area contributed by atoms with Crippen LogP contribution < -0.4 is 5.32 Å². The monoisotopic (exact) mass is 289 g/mol. The van der Waals surface area contributed by atoms with Gasteiger partial charge in [0.1, 0.15) is 5.88 Å². The molecule has 0 fully saturated rings. The lowest BCUT2D eigenvalue weighted by molar-refractivity contribution is -0.118. The molecule has 114 valence electrons. The molecule has 0 aromatic rings. The van der Waals surface area contributed by atoms with Crippen molar-refractivity contribution in [1.29, 1.82) is 0 Å². The summed E-state index contributed by atoms with van der Waals surface area (Å²) in [6.07, 6.45) is 16.1. The number of amides is 1. The molecule has 0 saturated heterocycles. The maximum Gasteiger partial charge on any atom is 0.234 e. The second-order valence-electron chi connectivity index (χ2n) is 5.37. The van der Waals surface area contributed by atoms with Gasteiger partial charge in [0.25, 0.3) is 0 Å². The van der Waals surface area contributed by atoms with Crippen LogP contribution in [0.1, 0.15) is 84.0 Å². The van der Waals surface area contributed by atoms with E-state index >= 15 is 0 Å². The van der Waals surface area contributed by atoms with Crippen LogP contribution in [0, 0.1) is 0 Å². The molecule has 0 aliphatic rings. The molecule has 2 nitrogen and oxygen atoms in total. The van der Waals surface area contributed by atoms with Gasteiger partial charge in [0.05, 0.1) is 0 Å². The van der Waals surface area contributed by atoms with Crippen LogP contribution >= 0.6 is 11.6 Å². The smallest absolute Gasteiger partial charge is 0.234 e. The largest absolute Gasteiger partial charge is 0.355 e. The standard InChI is InChI=1S/C16H32ClNO/c1-2-3-4-5-6-7-8-9-10-11-12-13-14-18-16(19)15-17/h2-15H2,1H3,(H,18,19). The van der Waals surface area contributed by atoms with Crippen LogP contribution in [0.3, 0.4) is 0 Å². The second-order valence-corrected chi connectivity index (χ2v) is 5.64. The highest BCUT2D eigenvalue weighted by molar-refractivity contribution is 6.27. The minimum absolute atomic E-state index is 0.0512. The van der Waals surface area contributed by atoms with Crippen molar-refractivity contribution in [2.75, 3.05) is 12.4 Å². The predicted molar refractivity (Wildman–Crippen MR) is 84.8 cm³/mol. The molecule has 0 radical (unpaired) electrons. The Balaban J connectivity index is 2.97. The first-order chi connectivity index (χ1) is 9.31. The van der Waals surface area contributed by atoms with Crippen LogP contribution in [-0.2, 0) is 4.79 Å². The van der Waals surface area contributed by atoms with E-state index in [4.69, 9.17) is 11.6 Å². The molecule has 0 bridgehead atoms. The van der Waals surface area contributed by atoms with Gasteiger partial charge in [-0.3, -0.25) is 4.79 Å². The number of carbonyl (C=O) groups excluding carboxylic acids is 1. The average molecular weight is 290 g/mol. The molecule has 0 aliphatic heterocycles. The minimum Gasteiger partial charge on any atom is -0.355 e. The lowest BCUT2D eigenvalue weighted by atomic mass is 10.1. The van der Waals surface area contributed by atoms with Crippen molar-refractivity contribution in [3.63, 3.8) is 0 Å². The van der Waals surface area contributed by atoms with Crippen LogP contribution in [0.5, 0.6) is 0 Å². The van der Waals surface area contributed by atoms with E-state index in [1.165, 1.54) is 70.6 Å². The Kier molecular flexibility index (Phi) is 15.6. The molecule has 0 aromatic carbocycles. The Hall–Kier alpha value is -0.240. The van der Waals surface area contributed by atoms with Gasteiger partial charge in [0, 0.05) is 6.54 Å². The third kappa shape index (κ3) is 15.7. The molecule has 0 aliphatic carbocycles. The summed E-state index contributed by atoms with van der Waals surface area (Å²) in [4.78, 5) is 10.9. The lowest BCUT2D eigenvalue weighted by Crippen LogP contribution is -2.25. The fourth-order valence-electron chi connectivity index (χ4n) is 2.24. The first kappa shape index (κ1) is 18.8. The van der Waals surface area contributed by atoms with Crippen molar-refractivity contribution < 1.29 is 4.79 Å². The van der Waals surface area contributed by atoms with Crippen LogP contribution in [0.2, 0.25) is 0 Å². The zero-order valence-corrected chi connectivity index (χ0v) is 13.4. The maximum atomic E-state index is 10.9. The number of hydrogen-bond acceptors (Lipinski definition) is 1. The molecule has 1 N–H and O–H groups in total. The first-order valence-corrected chi connectivity index (χ1v) is 8.67. The summed E-state index contributed by atoms with van der Waals surface area (Å²) in [5.41, 5.74) is 0. The first-order valence-electron chi connectivity index (χ1n) is 8.14. The van der Waals surface area contributed by atoms with Crippen LogP contribution in [0.4, 0.5) is 0 Å². The highest BCUT2D eigenvalue weighted by Gasteiger charge is 1.96. The summed E-state index contributed by atoms with van der Waals surface area (Å²) in [6, 6.07) is 0. The molecular weight excluding hydrogens is 258 g/mol. The molecule has 0 rings (SSSR count). The van der Waals surface area contributed by atoms with Crippen LogP contribution in [0.25, 0.3) is 0 Å². The van der Waals surface area contributed by atoms with Gasteiger partial charge < -0.3 is 5.32 Å². The zero-order valence-electron chi connectivity index (χ0n) is 12.7. The lowest BCUT2D eigenvalue weighted by Gasteiger charge is -2.04. The Morgan fingerprint density at radius 2 is 1.21 bits per heavy atom. The van der Waals surface area contributed by atoms with Gasteiger partial charge in [-0.15, -0.1) is 11.6 Å². The van der Waals surface area contributed by atoms with Crippen LogP contribution in [0.15, 0.2) is 0 Å². The molecule has 0 atom stereocenters. The Morgan fingerprint density at radius 3 is 1.63 bits per heavy atom. The highest BCUT2D eigenvalue weighted by atomic mass is 35.5. The van der Waals surface area contributed by atoms with E-state index in [1.807, 2.05) is 0 Å². The fourth-order valence-corrected chi connectivity index (χ4v) is 2.34. The third-order valence-electron chi connectivity index (χ3n) is 3.47. The predicted octanol–water partition coefficient (Wildman–Crippen LogP) is 5.04. The van der Waals surface area contributed by atoms with E-state index < -0.39 is 0 Å². The van der Waals surface area contributed by atoms with Gasteiger partial charge in [-0.25, -0.2) is 0 Å². The number of alkyl halides is 1. The van der Waals surface area contributed by atoms with Gasteiger partial charge in [0.2, 0.25) is 5.91 Å². The topological polar surface area (TPSA) is 29.1 Å². The zero-order chi connectivity index (χ0) is 14.2. The SMILES string of the molecule is CCCCCCCCCCCCCCNC(=O)CCl. The van der Waals surface area contributed by atoms with Crippen molar-refractivity contribution in [1.82, 2.24) is 5.32 Å². The molecule has 0 aromatic heterocycles. The van der Waals surface area contributed by atoms with E-state index in [9.17, 15) is 4.79 Å². The molecule has 0 saturated carbocycles. The summed E-state index contributed by atoms with van der Waals surface area (Å²) in [5, 5.41) is 2.80. The van der Waals surface area contributed by atoms with Crippen molar-refractivity contribution in [2.45, 2.75) is 84.0 Å². The minimum atomic E-state index is -0.0512. The Bertz CT molecular complexity index is 197. The van der Waals surface area contributed by atoms with Gasteiger partial charge in [0.15, 0.2) is 0 Å². The summed E-state index contributed by atoms with van der Waals surface area (Å²) >= 11 is 5.39. The number of halogens is 1. The van der Waals surface area contributed by atoms with Gasteiger partial charge >= 0.3 is 0 Å². The van der Waals surface area contributed by atoms with Gasteiger partial charge in [-0.05, 0) is 6.42 Å².